The lowest BCUT2D eigenvalue weighted by Crippen LogP contribution is -2.34. The number of aryl methyl sites for hydroxylation is 2. The molecule has 1 saturated carbocycles. The molecule has 3 aromatic heterocycles. The van der Waals surface area contributed by atoms with Crippen molar-refractivity contribution in [3.8, 4) is 0 Å². The minimum Gasteiger partial charge on any atom is -0.356 e. The zero-order valence-electron chi connectivity index (χ0n) is 22.9. The largest absolute Gasteiger partial charge is 0.393 e. The molecule has 1 aliphatic heterocycles. The van der Waals surface area contributed by atoms with Gasteiger partial charge in [0.2, 0.25) is 0 Å². The first-order valence-corrected chi connectivity index (χ1v) is 14.5. The number of hydrogen-bond acceptors (Lipinski definition) is 6. The molecular weight excluding hydrogens is 533 g/mol. The number of hydrogen-bond donors (Lipinski definition) is 1. The van der Waals surface area contributed by atoms with Gasteiger partial charge in [0.1, 0.15) is 17.0 Å². The molecule has 4 aromatic rings. The molecule has 0 bridgehead atoms. The van der Waals surface area contributed by atoms with Gasteiger partial charge in [0.15, 0.2) is 0 Å². The Kier molecular flexibility index (Phi) is 7.16. The Bertz CT molecular complexity index is 1620. The summed E-state index contributed by atoms with van der Waals surface area (Å²) in [6.45, 7) is 6.15. The molecule has 10 heteroatoms. The molecule has 2 aliphatic rings. The number of nitrogens with zero attached hydrogens (tertiary/aromatic N) is 5. The van der Waals surface area contributed by atoms with Gasteiger partial charge in [-0.1, -0.05) is 6.07 Å². The standard InChI is InChI=1S/C30H33F3N6S/c1-18-10-25-19(2)21(4-7-27(25)39(18)16-20-14-34-15-20)8-9-35-22-5-6-23(11-22)38(3)28-26-12-24(13-30(31,32)33)40-29(26)37-17-36-28/h4,7,10,12,14-15,17,22-23,35H,5-6,8-9,11,13,16H2,1-3H3. The fourth-order valence-electron chi connectivity index (χ4n) is 6.12. The van der Waals surface area contributed by atoms with Gasteiger partial charge in [-0.25, -0.2) is 9.97 Å². The van der Waals surface area contributed by atoms with Gasteiger partial charge in [-0.3, -0.25) is 4.99 Å². The van der Waals surface area contributed by atoms with Crippen LogP contribution in [0.4, 0.5) is 19.0 Å². The van der Waals surface area contributed by atoms with E-state index in [9.17, 15) is 13.2 Å². The normalized spacial score (nSPS) is 19.0. The van der Waals surface area contributed by atoms with Crippen molar-refractivity contribution >= 4 is 44.5 Å². The molecular formula is C30H33F3N6S. The monoisotopic (exact) mass is 566 g/mol. The summed E-state index contributed by atoms with van der Waals surface area (Å²) in [7, 11) is 2.00. The number of nitrogens with one attached hydrogen (secondary N) is 1. The van der Waals surface area contributed by atoms with Crippen LogP contribution in [0.3, 0.4) is 0 Å². The van der Waals surface area contributed by atoms with Crippen LogP contribution in [-0.2, 0) is 19.4 Å². The van der Waals surface area contributed by atoms with Crippen LogP contribution in [0.25, 0.3) is 21.1 Å². The molecule has 1 fully saturated rings. The molecule has 1 aliphatic carbocycles. The van der Waals surface area contributed by atoms with Crippen molar-refractivity contribution < 1.29 is 13.2 Å². The molecule has 1 N–H and O–H groups in total. The van der Waals surface area contributed by atoms with E-state index in [2.05, 4.69) is 61.8 Å². The molecule has 1 aromatic carbocycles. The molecule has 40 heavy (non-hydrogen) atoms. The number of allylic oxidation sites excluding steroid dienone is 1. The van der Waals surface area contributed by atoms with Crippen molar-refractivity contribution in [2.45, 2.75) is 70.8 Å². The van der Waals surface area contributed by atoms with Crippen LogP contribution in [-0.4, -0.2) is 52.6 Å². The van der Waals surface area contributed by atoms with E-state index in [1.54, 1.807) is 6.07 Å². The lowest BCUT2D eigenvalue weighted by molar-refractivity contribution is -0.126. The van der Waals surface area contributed by atoms with Crippen LogP contribution >= 0.6 is 11.3 Å². The smallest absolute Gasteiger partial charge is 0.356 e. The van der Waals surface area contributed by atoms with E-state index >= 15 is 0 Å². The lowest BCUT2D eigenvalue weighted by Gasteiger charge is -2.26. The first-order valence-electron chi connectivity index (χ1n) is 13.7. The predicted octanol–water partition coefficient (Wildman–Crippen LogP) is 6.53. The molecule has 6 rings (SSSR count). The van der Waals surface area contributed by atoms with Crippen LogP contribution in [0.15, 0.2) is 47.4 Å². The fraction of sp³-hybridized carbons (Fsp3) is 0.433. The maximum absolute atomic E-state index is 12.9. The number of halogens is 3. The Morgan fingerprint density at radius 3 is 2.70 bits per heavy atom. The third-order valence-electron chi connectivity index (χ3n) is 8.34. The van der Waals surface area contributed by atoms with Gasteiger partial charge in [0.05, 0.1) is 18.4 Å². The average Bonchev–Trinajstić information content (AvgIpc) is 3.58. The number of thiophene rings is 1. The number of rotatable bonds is 9. The van der Waals surface area contributed by atoms with Crippen molar-refractivity contribution in [3.63, 3.8) is 0 Å². The molecule has 2 unspecified atom stereocenters. The van der Waals surface area contributed by atoms with E-state index in [0.717, 1.165) is 50.1 Å². The second-order valence-electron chi connectivity index (χ2n) is 11.0. The van der Waals surface area contributed by atoms with Crippen molar-refractivity contribution in [1.82, 2.24) is 19.9 Å². The van der Waals surface area contributed by atoms with Gasteiger partial charge in [0.25, 0.3) is 0 Å². The number of alkyl halides is 3. The van der Waals surface area contributed by atoms with Crippen LogP contribution in [0.5, 0.6) is 0 Å². The first-order chi connectivity index (χ1) is 19.2. The average molecular weight is 567 g/mol. The van der Waals surface area contributed by atoms with E-state index in [-0.39, 0.29) is 10.9 Å². The van der Waals surface area contributed by atoms with Crippen LogP contribution < -0.4 is 10.2 Å². The second kappa shape index (κ2) is 10.6. The van der Waals surface area contributed by atoms with Crippen molar-refractivity contribution in [1.29, 1.82) is 0 Å². The number of benzene rings is 1. The summed E-state index contributed by atoms with van der Waals surface area (Å²) in [6, 6.07) is 9.08. The zero-order chi connectivity index (χ0) is 28.0. The van der Waals surface area contributed by atoms with Crippen LogP contribution in [0, 0.1) is 13.8 Å². The van der Waals surface area contributed by atoms with Gasteiger partial charge in [-0.2, -0.15) is 13.2 Å². The van der Waals surface area contributed by atoms with Gasteiger partial charge in [-0.05, 0) is 75.4 Å². The third-order valence-corrected chi connectivity index (χ3v) is 9.39. The molecule has 6 nitrogen and oxygen atoms in total. The van der Waals surface area contributed by atoms with Crippen molar-refractivity contribution in [3.05, 3.63) is 64.1 Å². The van der Waals surface area contributed by atoms with Gasteiger partial charge in [0, 0.05) is 58.6 Å². The first kappa shape index (κ1) is 27.0. The summed E-state index contributed by atoms with van der Waals surface area (Å²) < 4.78 is 41.2. The highest BCUT2D eigenvalue weighted by atomic mass is 32.1. The Balaban J connectivity index is 1.07. The fourth-order valence-corrected chi connectivity index (χ4v) is 7.14. The maximum Gasteiger partial charge on any atom is 0.393 e. The number of fused-ring (bicyclic) bond motifs is 2. The third kappa shape index (κ3) is 5.39. The molecule has 0 radical (unpaired) electrons. The second-order valence-corrected chi connectivity index (χ2v) is 12.2. The van der Waals surface area contributed by atoms with Crippen LogP contribution in [0.2, 0.25) is 0 Å². The summed E-state index contributed by atoms with van der Waals surface area (Å²) in [5.41, 5.74) is 6.48. The van der Waals surface area contributed by atoms with E-state index in [1.807, 2.05) is 19.5 Å². The highest BCUT2D eigenvalue weighted by Crippen LogP contribution is 2.36. The predicted molar refractivity (Wildman–Crippen MR) is 157 cm³/mol. The van der Waals surface area contributed by atoms with E-state index in [1.165, 1.54) is 39.6 Å². The van der Waals surface area contributed by atoms with Gasteiger partial charge < -0.3 is 14.8 Å². The quantitative estimate of drug-likeness (QED) is 0.250. The molecule has 0 spiro atoms. The summed E-state index contributed by atoms with van der Waals surface area (Å²) >= 11 is 1.10. The zero-order valence-corrected chi connectivity index (χ0v) is 23.7. The number of aromatic nitrogens is 3. The highest BCUT2D eigenvalue weighted by molar-refractivity contribution is 7.18. The topological polar surface area (TPSA) is 58.3 Å². The molecule has 0 amide bonds. The molecule has 4 heterocycles. The molecule has 210 valence electrons. The number of anilines is 1. The van der Waals surface area contributed by atoms with Crippen molar-refractivity contribution in [2.75, 3.05) is 18.5 Å². The Morgan fingerprint density at radius 2 is 1.95 bits per heavy atom. The summed E-state index contributed by atoms with van der Waals surface area (Å²) in [5, 5.41) is 5.78. The lowest BCUT2D eigenvalue weighted by atomic mass is 10.0. The summed E-state index contributed by atoms with van der Waals surface area (Å²) in [6.07, 6.45) is 4.15. The van der Waals surface area contributed by atoms with Gasteiger partial charge in [-0.15, -0.1) is 11.3 Å². The van der Waals surface area contributed by atoms with Crippen molar-refractivity contribution in [2.24, 2.45) is 4.99 Å². The SMILES string of the molecule is Cc1c(CCNC2CCC(N(C)c3ncnc4sc(CC(F)(F)F)cc34)C2)ccc2c1cc(C)n2CC1=CN=C1. The summed E-state index contributed by atoms with van der Waals surface area (Å²) in [4.78, 5) is 15.8. The molecule has 0 saturated heterocycles. The van der Waals surface area contributed by atoms with Gasteiger partial charge >= 0.3 is 6.18 Å². The minimum absolute atomic E-state index is 0.272. The maximum atomic E-state index is 12.9. The number of aliphatic imine (C=N–C) groups is 1. The van der Waals surface area contributed by atoms with E-state index in [4.69, 9.17) is 0 Å². The van der Waals surface area contributed by atoms with E-state index < -0.39 is 12.6 Å². The Hall–Kier alpha value is -3.24. The van der Waals surface area contributed by atoms with E-state index in [0.29, 0.717) is 22.1 Å². The minimum atomic E-state index is -4.23. The highest BCUT2D eigenvalue weighted by Gasteiger charge is 2.31. The Morgan fingerprint density at radius 1 is 1.12 bits per heavy atom. The molecule has 2 atom stereocenters. The Labute approximate surface area is 235 Å². The summed E-state index contributed by atoms with van der Waals surface area (Å²) in [5.74, 6) is 0.715. The van der Waals surface area contributed by atoms with Crippen LogP contribution in [0.1, 0.15) is 41.0 Å².